The van der Waals surface area contributed by atoms with Crippen LogP contribution >= 0.6 is 0 Å². The molecule has 0 atom stereocenters. The van der Waals surface area contributed by atoms with Crippen LogP contribution in [0.2, 0.25) is 0 Å². The molecule has 1 saturated carbocycles. The molecule has 0 aliphatic heterocycles. The number of hydrogen-bond donors (Lipinski definition) is 3. The molecule has 0 bridgehead atoms. The summed E-state index contributed by atoms with van der Waals surface area (Å²) < 4.78 is 7.62. The first kappa shape index (κ1) is 22.3. The summed E-state index contributed by atoms with van der Waals surface area (Å²) in [5.41, 5.74) is 2.91. The standard InChI is InChI=1S/C23H27N7O3/c1-4-10-30-13-15(12-25-30)16-6-5-7-17(21(16)33-3)26-18-11-19(27-22(31)14-8-9-14)28-29-20(18)23(32)24-2/h5-7,11-14H,4,8-10H2,1-3H3,(H,24,32)(H2,26,27,28,31). The summed E-state index contributed by atoms with van der Waals surface area (Å²) in [6, 6.07) is 7.28. The second kappa shape index (κ2) is 9.68. The molecular formula is C23H27N7O3. The van der Waals surface area contributed by atoms with Gasteiger partial charge in [0.05, 0.1) is 24.7 Å². The predicted molar refractivity (Wildman–Crippen MR) is 125 cm³/mol. The Hall–Kier alpha value is -3.95. The van der Waals surface area contributed by atoms with Crippen molar-refractivity contribution in [3.8, 4) is 16.9 Å². The number of carbonyl (C=O) groups excluding carboxylic acids is 2. The van der Waals surface area contributed by atoms with Crippen molar-refractivity contribution in [2.75, 3.05) is 24.8 Å². The van der Waals surface area contributed by atoms with E-state index >= 15 is 0 Å². The van der Waals surface area contributed by atoms with Gasteiger partial charge in [-0.25, -0.2) is 0 Å². The minimum Gasteiger partial charge on any atom is -0.494 e. The molecular weight excluding hydrogens is 422 g/mol. The number of nitrogens with zero attached hydrogens (tertiary/aromatic N) is 4. The van der Waals surface area contributed by atoms with E-state index in [1.807, 2.05) is 29.1 Å². The third kappa shape index (κ3) is 4.94. The number of amides is 2. The maximum Gasteiger partial charge on any atom is 0.273 e. The molecule has 0 saturated heterocycles. The van der Waals surface area contributed by atoms with E-state index in [1.165, 1.54) is 7.05 Å². The van der Waals surface area contributed by atoms with Gasteiger partial charge in [-0.3, -0.25) is 14.3 Å². The van der Waals surface area contributed by atoms with Crippen molar-refractivity contribution in [2.45, 2.75) is 32.7 Å². The molecule has 2 amide bonds. The first-order valence-corrected chi connectivity index (χ1v) is 10.9. The number of para-hydroxylation sites is 1. The number of hydrogen-bond acceptors (Lipinski definition) is 7. The number of aromatic nitrogens is 4. The summed E-state index contributed by atoms with van der Waals surface area (Å²) in [7, 11) is 3.11. The zero-order chi connectivity index (χ0) is 23.4. The molecule has 10 nitrogen and oxygen atoms in total. The van der Waals surface area contributed by atoms with E-state index in [2.05, 4.69) is 38.2 Å². The van der Waals surface area contributed by atoms with Crippen LogP contribution in [0.15, 0.2) is 36.7 Å². The van der Waals surface area contributed by atoms with Crippen LogP contribution in [0, 0.1) is 5.92 Å². The maximum atomic E-state index is 12.4. The lowest BCUT2D eigenvalue weighted by molar-refractivity contribution is -0.117. The van der Waals surface area contributed by atoms with Crippen LogP contribution in [-0.4, -0.2) is 45.9 Å². The minimum absolute atomic E-state index is 0.0206. The van der Waals surface area contributed by atoms with E-state index < -0.39 is 5.91 Å². The molecule has 1 fully saturated rings. The second-order valence-electron chi connectivity index (χ2n) is 7.84. The van der Waals surface area contributed by atoms with Gasteiger partial charge in [-0.15, -0.1) is 10.2 Å². The third-order valence-electron chi connectivity index (χ3n) is 5.32. The molecule has 1 aliphatic carbocycles. The highest BCUT2D eigenvalue weighted by Gasteiger charge is 2.30. The smallest absolute Gasteiger partial charge is 0.273 e. The quantitative estimate of drug-likeness (QED) is 0.458. The molecule has 0 unspecified atom stereocenters. The third-order valence-corrected chi connectivity index (χ3v) is 5.32. The fraction of sp³-hybridized carbons (Fsp3) is 0.348. The van der Waals surface area contributed by atoms with Crippen molar-refractivity contribution < 1.29 is 14.3 Å². The van der Waals surface area contributed by atoms with Gasteiger partial charge < -0.3 is 20.7 Å². The van der Waals surface area contributed by atoms with Gasteiger partial charge in [0.25, 0.3) is 5.91 Å². The molecule has 1 aliphatic rings. The Bertz CT molecular complexity index is 1170. The van der Waals surface area contributed by atoms with E-state index in [0.29, 0.717) is 17.1 Å². The lowest BCUT2D eigenvalue weighted by Gasteiger charge is -2.16. The molecule has 0 spiro atoms. The van der Waals surface area contributed by atoms with Crippen molar-refractivity contribution in [1.29, 1.82) is 0 Å². The van der Waals surface area contributed by atoms with Crippen molar-refractivity contribution in [3.63, 3.8) is 0 Å². The molecule has 2 heterocycles. The van der Waals surface area contributed by atoms with Gasteiger partial charge >= 0.3 is 0 Å². The summed E-state index contributed by atoms with van der Waals surface area (Å²) in [6.07, 6.45) is 6.50. The van der Waals surface area contributed by atoms with Crippen LogP contribution in [-0.2, 0) is 11.3 Å². The number of methoxy groups -OCH3 is 1. The Balaban J connectivity index is 1.69. The Kier molecular flexibility index (Phi) is 6.53. The summed E-state index contributed by atoms with van der Waals surface area (Å²) in [5.74, 6) is 0.398. The monoisotopic (exact) mass is 449 g/mol. The van der Waals surface area contributed by atoms with Crippen molar-refractivity contribution in [1.82, 2.24) is 25.3 Å². The summed E-state index contributed by atoms with van der Waals surface area (Å²) in [5, 5.41) is 21.0. The Labute approximate surface area is 191 Å². The average Bonchev–Trinajstić information content (AvgIpc) is 3.58. The van der Waals surface area contributed by atoms with Gasteiger partial charge in [0.1, 0.15) is 5.75 Å². The normalized spacial score (nSPS) is 12.8. The van der Waals surface area contributed by atoms with E-state index in [9.17, 15) is 9.59 Å². The van der Waals surface area contributed by atoms with Crippen molar-refractivity contribution >= 4 is 29.0 Å². The fourth-order valence-corrected chi connectivity index (χ4v) is 3.49. The topological polar surface area (TPSA) is 123 Å². The molecule has 2 aromatic heterocycles. The van der Waals surface area contributed by atoms with Gasteiger partial charge in [0.15, 0.2) is 11.5 Å². The molecule has 1 aromatic carbocycles. The van der Waals surface area contributed by atoms with Crippen LogP contribution in [0.4, 0.5) is 17.2 Å². The number of anilines is 3. The van der Waals surface area contributed by atoms with E-state index in [4.69, 9.17) is 4.74 Å². The van der Waals surface area contributed by atoms with E-state index in [1.54, 1.807) is 19.4 Å². The van der Waals surface area contributed by atoms with Gasteiger partial charge in [-0.1, -0.05) is 19.1 Å². The van der Waals surface area contributed by atoms with Crippen molar-refractivity contribution in [2.24, 2.45) is 5.92 Å². The number of nitrogens with one attached hydrogen (secondary N) is 3. The van der Waals surface area contributed by atoms with Crippen molar-refractivity contribution in [3.05, 3.63) is 42.4 Å². The lowest BCUT2D eigenvalue weighted by atomic mass is 10.1. The highest BCUT2D eigenvalue weighted by molar-refractivity contribution is 6.00. The molecule has 0 radical (unpaired) electrons. The molecule has 10 heteroatoms. The van der Waals surface area contributed by atoms with Gasteiger partial charge in [-0.2, -0.15) is 5.10 Å². The van der Waals surface area contributed by atoms with E-state index in [-0.39, 0.29) is 23.3 Å². The SMILES string of the molecule is CCCn1cc(-c2cccc(Nc3cc(NC(=O)C4CC4)nnc3C(=O)NC)c2OC)cn1. The summed E-state index contributed by atoms with van der Waals surface area (Å²) >= 11 is 0. The number of benzene rings is 1. The molecule has 172 valence electrons. The Morgan fingerprint density at radius 2 is 2.03 bits per heavy atom. The highest BCUT2D eigenvalue weighted by Crippen LogP contribution is 2.38. The molecule has 3 N–H and O–H groups in total. The first-order valence-electron chi connectivity index (χ1n) is 10.9. The van der Waals surface area contributed by atoms with Crippen LogP contribution in [0.3, 0.4) is 0 Å². The van der Waals surface area contributed by atoms with E-state index in [0.717, 1.165) is 36.9 Å². The summed E-state index contributed by atoms with van der Waals surface area (Å²) in [4.78, 5) is 24.6. The number of rotatable bonds is 9. The predicted octanol–water partition coefficient (Wildman–Crippen LogP) is 3.21. The average molecular weight is 450 g/mol. The van der Waals surface area contributed by atoms with Gasteiger partial charge in [0.2, 0.25) is 5.91 Å². The maximum absolute atomic E-state index is 12.4. The fourth-order valence-electron chi connectivity index (χ4n) is 3.49. The Morgan fingerprint density at radius 3 is 2.73 bits per heavy atom. The highest BCUT2D eigenvalue weighted by atomic mass is 16.5. The van der Waals surface area contributed by atoms with Crippen LogP contribution in [0.1, 0.15) is 36.7 Å². The largest absolute Gasteiger partial charge is 0.494 e. The molecule has 4 rings (SSSR count). The number of aryl methyl sites for hydroxylation is 1. The molecule has 33 heavy (non-hydrogen) atoms. The van der Waals surface area contributed by atoms with Crippen LogP contribution in [0.25, 0.3) is 11.1 Å². The van der Waals surface area contributed by atoms with Crippen LogP contribution in [0.5, 0.6) is 5.75 Å². The molecule has 3 aromatic rings. The van der Waals surface area contributed by atoms with Gasteiger partial charge in [-0.05, 0) is 25.3 Å². The summed E-state index contributed by atoms with van der Waals surface area (Å²) in [6.45, 7) is 2.92. The lowest BCUT2D eigenvalue weighted by Crippen LogP contribution is -2.22. The zero-order valence-electron chi connectivity index (χ0n) is 18.9. The Morgan fingerprint density at radius 1 is 1.21 bits per heavy atom. The van der Waals surface area contributed by atoms with Crippen LogP contribution < -0.4 is 20.7 Å². The minimum atomic E-state index is -0.402. The first-order chi connectivity index (χ1) is 16.0. The second-order valence-corrected chi connectivity index (χ2v) is 7.84. The zero-order valence-corrected chi connectivity index (χ0v) is 18.9. The number of ether oxygens (including phenoxy) is 1. The number of carbonyl (C=O) groups is 2. The van der Waals surface area contributed by atoms with Gasteiger partial charge in [0, 0.05) is 42.9 Å².